The second-order valence-corrected chi connectivity index (χ2v) is 6.97. The number of nitro groups is 1. The molecule has 0 fully saturated rings. The molecule has 3 aromatic rings. The molecule has 0 saturated carbocycles. The Morgan fingerprint density at radius 1 is 0.968 bits per heavy atom. The number of amidine groups is 1. The molecular weight excluding hydrogens is 416 g/mol. The van der Waals surface area contributed by atoms with E-state index in [4.69, 9.17) is 11.6 Å². The number of nitrogens with zero attached hydrogens (tertiary/aromatic N) is 4. The first kappa shape index (κ1) is 20.2. The van der Waals surface area contributed by atoms with Crippen LogP contribution in [0.1, 0.15) is 16.7 Å². The second-order valence-electron chi connectivity index (χ2n) is 6.56. The van der Waals surface area contributed by atoms with E-state index in [9.17, 15) is 14.9 Å². The predicted molar refractivity (Wildman–Crippen MR) is 120 cm³/mol. The third-order valence-corrected chi connectivity index (χ3v) is 4.84. The Morgan fingerprint density at radius 2 is 1.65 bits per heavy atom. The van der Waals surface area contributed by atoms with E-state index in [0.29, 0.717) is 22.0 Å². The molecule has 0 unspecified atom stereocenters. The average Bonchev–Trinajstić information content (AvgIpc) is 3.09. The van der Waals surface area contributed by atoms with Crippen LogP contribution in [0.5, 0.6) is 0 Å². The van der Waals surface area contributed by atoms with E-state index in [2.05, 4.69) is 10.1 Å². The van der Waals surface area contributed by atoms with Crippen LogP contribution >= 0.6 is 11.6 Å². The zero-order valence-electron chi connectivity index (χ0n) is 16.1. The molecule has 0 aromatic heterocycles. The summed E-state index contributed by atoms with van der Waals surface area (Å²) in [7, 11) is 0. The molecule has 7 nitrogen and oxygen atoms in total. The first-order valence-corrected chi connectivity index (χ1v) is 9.64. The number of nitro benzene ring substituents is 1. The summed E-state index contributed by atoms with van der Waals surface area (Å²) in [5.74, 6) is -0.0393. The summed E-state index contributed by atoms with van der Waals surface area (Å²) >= 11 is 6.19. The molecule has 3 aromatic carbocycles. The first-order chi connectivity index (χ1) is 15.0. The molecule has 1 amide bonds. The summed E-state index contributed by atoms with van der Waals surface area (Å²) in [6, 6.07) is 22.3. The number of benzene rings is 3. The average molecular weight is 431 g/mol. The number of carbonyl (C=O) groups is 1. The highest BCUT2D eigenvalue weighted by molar-refractivity contribution is 6.33. The van der Waals surface area contributed by atoms with Crippen molar-refractivity contribution < 1.29 is 9.72 Å². The Kier molecular flexibility index (Phi) is 5.68. The van der Waals surface area contributed by atoms with Gasteiger partial charge in [-0.15, -0.1) is 0 Å². The van der Waals surface area contributed by atoms with Crippen molar-refractivity contribution in [1.29, 1.82) is 0 Å². The van der Waals surface area contributed by atoms with Crippen LogP contribution in [0.15, 0.2) is 94.7 Å². The SMILES string of the molecule is O=C1C(=Cc2ccc([N+](=O)[O-])cc2)N=C(c2ccccc2)N1N=Cc1ccccc1Cl. The molecule has 0 spiro atoms. The summed E-state index contributed by atoms with van der Waals surface area (Å²) in [5.41, 5.74) is 2.14. The van der Waals surface area contributed by atoms with Gasteiger partial charge in [-0.2, -0.15) is 10.1 Å². The second kappa shape index (κ2) is 8.73. The molecule has 152 valence electrons. The minimum Gasteiger partial charge on any atom is -0.265 e. The molecule has 0 bridgehead atoms. The maximum Gasteiger partial charge on any atom is 0.298 e. The standard InChI is InChI=1S/C23H15ClN4O3/c24-20-9-5-4-8-18(20)15-25-27-22(17-6-2-1-3-7-17)26-21(23(27)29)14-16-10-12-19(13-11-16)28(30)31/h1-15H. The van der Waals surface area contributed by atoms with Gasteiger partial charge in [-0.25, -0.2) is 4.99 Å². The van der Waals surface area contributed by atoms with Crippen molar-refractivity contribution in [2.45, 2.75) is 0 Å². The minimum absolute atomic E-state index is 0.0284. The van der Waals surface area contributed by atoms with Gasteiger partial charge in [0.1, 0.15) is 5.70 Å². The lowest BCUT2D eigenvalue weighted by atomic mass is 10.2. The highest BCUT2D eigenvalue weighted by atomic mass is 35.5. The molecule has 0 N–H and O–H groups in total. The van der Waals surface area contributed by atoms with Gasteiger partial charge >= 0.3 is 0 Å². The smallest absolute Gasteiger partial charge is 0.265 e. The molecule has 0 atom stereocenters. The van der Waals surface area contributed by atoms with Crippen LogP contribution in [0, 0.1) is 10.1 Å². The lowest BCUT2D eigenvalue weighted by Crippen LogP contribution is -2.27. The van der Waals surface area contributed by atoms with Crippen molar-refractivity contribution in [2.75, 3.05) is 0 Å². The van der Waals surface area contributed by atoms with Gasteiger partial charge in [0.15, 0.2) is 5.84 Å². The van der Waals surface area contributed by atoms with Crippen LogP contribution in [0.2, 0.25) is 5.02 Å². The van der Waals surface area contributed by atoms with Gasteiger partial charge in [0.2, 0.25) is 0 Å². The zero-order chi connectivity index (χ0) is 21.8. The van der Waals surface area contributed by atoms with Crippen molar-refractivity contribution in [2.24, 2.45) is 10.1 Å². The highest BCUT2D eigenvalue weighted by Gasteiger charge is 2.31. The molecule has 0 saturated heterocycles. The van der Waals surface area contributed by atoms with Gasteiger partial charge in [0, 0.05) is 28.3 Å². The van der Waals surface area contributed by atoms with E-state index in [-0.39, 0.29) is 11.4 Å². The third kappa shape index (κ3) is 4.41. The fraction of sp³-hybridized carbons (Fsp3) is 0. The van der Waals surface area contributed by atoms with E-state index in [1.54, 1.807) is 30.3 Å². The fourth-order valence-electron chi connectivity index (χ4n) is 2.94. The van der Waals surface area contributed by atoms with Gasteiger partial charge in [-0.3, -0.25) is 14.9 Å². The maximum atomic E-state index is 13.1. The summed E-state index contributed by atoms with van der Waals surface area (Å²) in [5, 5.41) is 16.9. The van der Waals surface area contributed by atoms with Crippen LogP contribution in [-0.2, 0) is 4.79 Å². The lowest BCUT2D eigenvalue weighted by molar-refractivity contribution is -0.384. The molecule has 0 aliphatic carbocycles. The normalized spacial score (nSPS) is 15.0. The summed E-state index contributed by atoms with van der Waals surface area (Å²) in [6.07, 6.45) is 3.08. The van der Waals surface area contributed by atoms with Gasteiger partial charge in [-0.05, 0) is 29.8 Å². The molecule has 8 heteroatoms. The van der Waals surface area contributed by atoms with Crippen molar-refractivity contribution in [3.63, 3.8) is 0 Å². The number of amides is 1. The Labute approximate surface area is 182 Å². The number of hydrogen-bond acceptors (Lipinski definition) is 5. The quantitative estimate of drug-likeness (QED) is 0.249. The monoisotopic (exact) mass is 430 g/mol. The van der Waals surface area contributed by atoms with Crippen LogP contribution in [-0.4, -0.2) is 27.9 Å². The van der Waals surface area contributed by atoms with Crippen LogP contribution < -0.4 is 0 Å². The molecule has 4 rings (SSSR count). The number of hydrazone groups is 1. The zero-order valence-corrected chi connectivity index (χ0v) is 16.8. The van der Waals surface area contributed by atoms with Gasteiger partial charge in [0.05, 0.1) is 11.1 Å². The van der Waals surface area contributed by atoms with E-state index in [1.165, 1.54) is 23.4 Å². The Hall–Kier alpha value is -4.10. The number of aliphatic imine (C=N–C) groups is 1. The van der Waals surface area contributed by atoms with Crippen molar-refractivity contribution >= 4 is 41.3 Å². The fourth-order valence-corrected chi connectivity index (χ4v) is 3.12. The molecule has 1 aliphatic rings. The molecule has 1 aliphatic heterocycles. The number of rotatable bonds is 5. The first-order valence-electron chi connectivity index (χ1n) is 9.26. The number of hydrogen-bond donors (Lipinski definition) is 0. The van der Waals surface area contributed by atoms with Crippen molar-refractivity contribution in [1.82, 2.24) is 5.01 Å². The van der Waals surface area contributed by atoms with E-state index >= 15 is 0 Å². The summed E-state index contributed by atoms with van der Waals surface area (Å²) in [4.78, 5) is 27.9. The number of carbonyl (C=O) groups excluding carboxylic acids is 1. The van der Waals surface area contributed by atoms with Crippen molar-refractivity contribution in [3.05, 3.63) is 116 Å². The topological polar surface area (TPSA) is 88.2 Å². The third-order valence-electron chi connectivity index (χ3n) is 4.50. The summed E-state index contributed by atoms with van der Waals surface area (Å²) < 4.78 is 0. The number of non-ortho nitro benzene ring substituents is 1. The molecule has 1 heterocycles. The van der Waals surface area contributed by atoms with Crippen LogP contribution in [0.3, 0.4) is 0 Å². The largest absolute Gasteiger partial charge is 0.298 e. The van der Waals surface area contributed by atoms with Gasteiger partial charge in [0.25, 0.3) is 11.6 Å². The lowest BCUT2D eigenvalue weighted by Gasteiger charge is -2.12. The van der Waals surface area contributed by atoms with E-state index < -0.39 is 10.8 Å². The van der Waals surface area contributed by atoms with E-state index in [0.717, 1.165) is 5.56 Å². The summed E-state index contributed by atoms with van der Waals surface area (Å²) in [6.45, 7) is 0. The highest BCUT2D eigenvalue weighted by Crippen LogP contribution is 2.24. The Morgan fingerprint density at radius 3 is 2.32 bits per heavy atom. The predicted octanol–water partition coefficient (Wildman–Crippen LogP) is 4.91. The molecular formula is C23H15ClN4O3. The molecule has 0 radical (unpaired) electrons. The van der Waals surface area contributed by atoms with Gasteiger partial charge < -0.3 is 0 Å². The van der Waals surface area contributed by atoms with Crippen LogP contribution in [0.25, 0.3) is 6.08 Å². The van der Waals surface area contributed by atoms with Gasteiger partial charge in [-0.1, -0.05) is 60.1 Å². The minimum atomic E-state index is -0.478. The Balaban J connectivity index is 1.71. The molecule has 31 heavy (non-hydrogen) atoms. The van der Waals surface area contributed by atoms with Crippen molar-refractivity contribution in [3.8, 4) is 0 Å². The number of halogens is 1. The van der Waals surface area contributed by atoms with E-state index in [1.807, 2.05) is 42.5 Å². The Bertz CT molecular complexity index is 1240. The van der Waals surface area contributed by atoms with Crippen LogP contribution in [0.4, 0.5) is 5.69 Å². The maximum absolute atomic E-state index is 13.1.